The number of benzene rings is 1. The molecule has 0 radical (unpaired) electrons. The van der Waals surface area contributed by atoms with Crippen molar-refractivity contribution in [2.45, 2.75) is 4.90 Å². The molecule has 0 saturated heterocycles. The van der Waals surface area contributed by atoms with Crippen LogP contribution in [0, 0.1) is 0 Å². The molecule has 0 atom stereocenters. The monoisotopic (exact) mass is 276 g/mol. The maximum atomic E-state index is 11.9. The van der Waals surface area contributed by atoms with Crippen molar-refractivity contribution in [1.82, 2.24) is 5.32 Å². The predicted octanol–water partition coefficient (Wildman–Crippen LogP) is 0.189. The molecule has 0 aliphatic carbocycles. The number of nitrogens with two attached hydrogens (primary N) is 1. The van der Waals surface area contributed by atoms with Crippen LogP contribution in [0.5, 0.6) is 0 Å². The first kappa shape index (κ1) is 14.0. The molecule has 7 heteroatoms. The van der Waals surface area contributed by atoms with Gasteiger partial charge in [-0.05, 0) is 12.1 Å². The van der Waals surface area contributed by atoms with E-state index in [2.05, 4.69) is 5.32 Å². The van der Waals surface area contributed by atoms with Gasteiger partial charge in [0.05, 0.1) is 9.92 Å². The van der Waals surface area contributed by atoms with Crippen molar-refractivity contribution in [3.63, 3.8) is 0 Å². The molecule has 0 aliphatic rings. The van der Waals surface area contributed by atoms with Crippen molar-refractivity contribution in [1.29, 1.82) is 0 Å². The average Bonchev–Trinajstić information content (AvgIpc) is 2.26. The molecule has 0 fully saturated rings. The zero-order chi connectivity index (χ0) is 12.9. The van der Waals surface area contributed by atoms with Gasteiger partial charge in [0, 0.05) is 13.1 Å². The third kappa shape index (κ3) is 3.99. The molecule has 1 aromatic carbocycles. The van der Waals surface area contributed by atoms with Crippen molar-refractivity contribution >= 4 is 27.3 Å². The highest BCUT2D eigenvalue weighted by Gasteiger charge is 2.21. The van der Waals surface area contributed by atoms with Crippen LogP contribution < -0.4 is 11.1 Å². The van der Waals surface area contributed by atoms with Crippen molar-refractivity contribution in [3.8, 4) is 0 Å². The minimum Gasteiger partial charge on any atom is -0.354 e. The summed E-state index contributed by atoms with van der Waals surface area (Å²) in [5.41, 5.74) is 5.19. The number of hydrogen-bond acceptors (Lipinski definition) is 4. The van der Waals surface area contributed by atoms with Crippen LogP contribution in [0.1, 0.15) is 0 Å². The Morgan fingerprint density at radius 1 is 1.35 bits per heavy atom. The van der Waals surface area contributed by atoms with Gasteiger partial charge < -0.3 is 11.1 Å². The molecule has 5 nitrogen and oxygen atoms in total. The number of halogens is 1. The maximum absolute atomic E-state index is 11.9. The summed E-state index contributed by atoms with van der Waals surface area (Å²) in [6.07, 6.45) is 0. The second-order valence-electron chi connectivity index (χ2n) is 3.33. The molecule has 0 bridgehead atoms. The number of carbonyl (C=O) groups excluding carboxylic acids is 1. The molecule has 0 aliphatic heterocycles. The van der Waals surface area contributed by atoms with Gasteiger partial charge in [-0.1, -0.05) is 23.7 Å². The van der Waals surface area contributed by atoms with E-state index in [0.29, 0.717) is 0 Å². The van der Waals surface area contributed by atoms with E-state index in [4.69, 9.17) is 17.3 Å². The molecule has 0 aromatic heterocycles. The lowest BCUT2D eigenvalue weighted by Crippen LogP contribution is -2.33. The van der Waals surface area contributed by atoms with Gasteiger partial charge in [0.1, 0.15) is 5.75 Å². The standard InChI is InChI=1S/C10H13ClN2O3S/c11-8-3-1-2-4-9(8)17(15,16)7-10(14)13-6-5-12/h1-4H,5-7,12H2,(H,13,14). The first-order valence-corrected chi connectivity index (χ1v) is 6.94. The Morgan fingerprint density at radius 2 is 2.00 bits per heavy atom. The van der Waals surface area contributed by atoms with Gasteiger partial charge in [0.2, 0.25) is 5.91 Å². The molecule has 1 amide bonds. The van der Waals surface area contributed by atoms with Gasteiger partial charge in [0.15, 0.2) is 9.84 Å². The Hall–Kier alpha value is -1.11. The van der Waals surface area contributed by atoms with Crippen LogP contribution in [0.4, 0.5) is 0 Å². The number of carbonyl (C=O) groups is 1. The fourth-order valence-corrected chi connectivity index (χ4v) is 2.95. The van der Waals surface area contributed by atoms with Crippen molar-refractivity contribution in [2.75, 3.05) is 18.8 Å². The summed E-state index contributed by atoms with van der Waals surface area (Å²) in [7, 11) is -3.71. The zero-order valence-corrected chi connectivity index (χ0v) is 10.6. The molecule has 3 N–H and O–H groups in total. The Balaban J connectivity index is 2.83. The molecular weight excluding hydrogens is 264 g/mol. The Kier molecular flexibility index (Phi) is 4.92. The van der Waals surface area contributed by atoms with E-state index in [1.807, 2.05) is 0 Å². The Bertz CT molecular complexity index is 502. The minimum atomic E-state index is -3.71. The third-order valence-electron chi connectivity index (χ3n) is 1.96. The van der Waals surface area contributed by atoms with E-state index >= 15 is 0 Å². The fourth-order valence-electron chi connectivity index (χ4n) is 1.21. The lowest BCUT2D eigenvalue weighted by Gasteiger charge is -2.06. The minimum absolute atomic E-state index is 0.0374. The lowest BCUT2D eigenvalue weighted by molar-refractivity contribution is -0.118. The van der Waals surface area contributed by atoms with E-state index in [-0.39, 0.29) is 23.0 Å². The Morgan fingerprint density at radius 3 is 2.59 bits per heavy atom. The topological polar surface area (TPSA) is 89.3 Å². The maximum Gasteiger partial charge on any atom is 0.235 e. The molecule has 17 heavy (non-hydrogen) atoms. The van der Waals surface area contributed by atoms with Crippen molar-refractivity contribution < 1.29 is 13.2 Å². The summed E-state index contributed by atoms with van der Waals surface area (Å²) in [4.78, 5) is 11.3. The summed E-state index contributed by atoms with van der Waals surface area (Å²) in [5.74, 6) is -1.22. The van der Waals surface area contributed by atoms with Crippen LogP contribution in [-0.4, -0.2) is 33.2 Å². The molecule has 94 valence electrons. The van der Waals surface area contributed by atoms with Crippen LogP contribution in [-0.2, 0) is 14.6 Å². The number of rotatable bonds is 5. The average molecular weight is 277 g/mol. The van der Waals surface area contributed by atoms with E-state index in [1.54, 1.807) is 12.1 Å². The molecule has 0 unspecified atom stereocenters. The van der Waals surface area contributed by atoms with Gasteiger partial charge in [-0.3, -0.25) is 4.79 Å². The molecule has 1 rings (SSSR count). The summed E-state index contributed by atoms with van der Waals surface area (Å²) in [5, 5.41) is 2.50. The van der Waals surface area contributed by atoms with Gasteiger partial charge in [-0.2, -0.15) is 0 Å². The summed E-state index contributed by atoms with van der Waals surface area (Å²) < 4.78 is 23.7. The summed E-state index contributed by atoms with van der Waals surface area (Å²) in [6, 6.07) is 6.01. The molecule has 0 saturated carbocycles. The largest absolute Gasteiger partial charge is 0.354 e. The van der Waals surface area contributed by atoms with E-state index < -0.39 is 21.5 Å². The number of nitrogens with one attached hydrogen (secondary N) is 1. The van der Waals surface area contributed by atoms with Crippen molar-refractivity contribution in [3.05, 3.63) is 29.3 Å². The molecule has 0 spiro atoms. The van der Waals surface area contributed by atoms with Crippen LogP contribution in [0.3, 0.4) is 0 Å². The van der Waals surface area contributed by atoms with Crippen molar-refractivity contribution in [2.24, 2.45) is 5.73 Å². The highest BCUT2D eigenvalue weighted by Crippen LogP contribution is 2.21. The van der Waals surface area contributed by atoms with E-state index in [1.165, 1.54) is 12.1 Å². The molecule has 1 aromatic rings. The van der Waals surface area contributed by atoms with Gasteiger partial charge in [-0.15, -0.1) is 0 Å². The second kappa shape index (κ2) is 6.00. The van der Waals surface area contributed by atoms with Crippen LogP contribution >= 0.6 is 11.6 Å². The molecule has 0 heterocycles. The smallest absolute Gasteiger partial charge is 0.235 e. The normalized spacial score (nSPS) is 11.2. The van der Waals surface area contributed by atoms with E-state index in [9.17, 15) is 13.2 Å². The first-order chi connectivity index (χ1) is 7.97. The quantitative estimate of drug-likeness (QED) is 0.803. The number of sulfone groups is 1. The Labute approximate surface area is 105 Å². The second-order valence-corrected chi connectivity index (χ2v) is 5.69. The summed E-state index contributed by atoms with van der Waals surface area (Å²) in [6.45, 7) is 0.509. The highest BCUT2D eigenvalue weighted by molar-refractivity contribution is 7.92. The fraction of sp³-hybridized carbons (Fsp3) is 0.300. The number of hydrogen-bond donors (Lipinski definition) is 2. The van der Waals surface area contributed by atoms with E-state index in [0.717, 1.165) is 0 Å². The molecular formula is C10H13ClN2O3S. The predicted molar refractivity (Wildman–Crippen MR) is 65.6 cm³/mol. The van der Waals surface area contributed by atoms with Gasteiger partial charge in [-0.25, -0.2) is 8.42 Å². The van der Waals surface area contributed by atoms with Crippen LogP contribution in [0.2, 0.25) is 5.02 Å². The summed E-state index contributed by atoms with van der Waals surface area (Å²) >= 11 is 5.77. The lowest BCUT2D eigenvalue weighted by atomic mass is 10.4. The van der Waals surface area contributed by atoms with Gasteiger partial charge in [0.25, 0.3) is 0 Å². The third-order valence-corrected chi connectivity index (χ3v) is 4.07. The first-order valence-electron chi connectivity index (χ1n) is 4.91. The number of amides is 1. The zero-order valence-electron chi connectivity index (χ0n) is 9.02. The highest BCUT2D eigenvalue weighted by atomic mass is 35.5. The van der Waals surface area contributed by atoms with Gasteiger partial charge >= 0.3 is 0 Å². The SMILES string of the molecule is NCCNC(=O)CS(=O)(=O)c1ccccc1Cl. The van der Waals surface area contributed by atoms with Crippen LogP contribution in [0.15, 0.2) is 29.2 Å². The van der Waals surface area contributed by atoms with Crippen LogP contribution in [0.25, 0.3) is 0 Å².